The van der Waals surface area contributed by atoms with Crippen molar-refractivity contribution >= 4 is 41.5 Å². The number of benzene rings is 1. The Morgan fingerprint density at radius 3 is 2.82 bits per heavy atom. The first kappa shape index (κ1) is 24.2. The van der Waals surface area contributed by atoms with Gasteiger partial charge in [-0.05, 0) is 38.0 Å². The van der Waals surface area contributed by atoms with Crippen LogP contribution < -0.4 is 15.5 Å². The molecule has 2 N–H and O–H groups in total. The number of rotatable bonds is 6. The second-order valence-electron chi connectivity index (χ2n) is 7.17. The number of guanidine groups is 1. The third-order valence-corrected chi connectivity index (χ3v) is 4.36. The van der Waals surface area contributed by atoms with Gasteiger partial charge in [-0.1, -0.05) is 18.2 Å². The van der Waals surface area contributed by atoms with Crippen LogP contribution in [-0.4, -0.2) is 63.1 Å². The van der Waals surface area contributed by atoms with Crippen LogP contribution in [0.2, 0.25) is 0 Å². The molecule has 0 bridgehead atoms. The number of nitrogens with one attached hydrogen (secondary N) is 2. The predicted molar refractivity (Wildman–Crippen MR) is 124 cm³/mol. The summed E-state index contributed by atoms with van der Waals surface area (Å²) in [6.45, 7) is 8.14. The minimum absolute atomic E-state index is 0. The van der Waals surface area contributed by atoms with E-state index in [0.717, 1.165) is 37.2 Å². The number of anilines is 1. The molecule has 0 spiro atoms. The van der Waals surface area contributed by atoms with Crippen molar-refractivity contribution in [2.24, 2.45) is 4.99 Å². The highest BCUT2D eigenvalue weighted by atomic mass is 127. The molecule has 2 rings (SSSR count). The van der Waals surface area contributed by atoms with Crippen molar-refractivity contribution in [2.75, 3.05) is 45.2 Å². The molecule has 1 aliphatic heterocycles. The molecule has 156 valence electrons. The van der Waals surface area contributed by atoms with Crippen LogP contribution in [0.5, 0.6) is 0 Å². The Hall–Kier alpha value is -1.84. The van der Waals surface area contributed by atoms with Crippen LogP contribution in [-0.2, 0) is 4.79 Å². The quantitative estimate of drug-likeness (QED) is 0.271. The molecule has 1 atom stereocenters. The second-order valence-corrected chi connectivity index (χ2v) is 7.17. The molecule has 0 radical (unpaired) electrons. The van der Waals surface area contributed by atoms with Crippen molar-refractivity contribution < 1.29 is 9.18 Å². The molecule has 1 fully saturated rings. The van der Waals surface area contributed by atoms with E-state index in [4.69, 9.17) is 0 Å². The van der Waals surface area contributed by atoms with Crippen LogP contribution in [0.3, 0.4) is 0 Å². The maximum Gasteiger partial charge on any atom is 0.243 e. The van der Waals surface area contributed by atoms with E-state index in [2.05, 4.69) is 27.1 Å². The summed E-state index contributed by atoms with van der Waals surface area (Å²) in [6.07, 6.45) is 1.99. The minimum atomic E-state index is -0.227. The number of carbonyl (C=O) groups excluding carboxylic acids is 1. The first-order valence-corrected chi connectivity index (χ1v) is 9.25. The van der Waals surface area contributed by atoms with Gasteiger partial charge in [0.15, 0.2) is 5.96 Å². The number of hydrogen-bond donors (Lipinski definition) is 2. The average molecular weight is 503 g/mol. The van der Waals surface area contributed by atoms with Gasteiger partial charge in [0.1, 0.15) is 12.4 Å². The molecule has 1 unspecified atom stereocenters. The smallest absolute Gasteiger partial charge is 0.243 e. The van der Waals surface area contributed by atoms with Crippen molar-refractivity contribution in [1.82, 2.24) is 15.5 Å². The summed E-state index contributed by atoms with van der Waals surface area (Å²) in [4.78, 5) is 19.9. The van der Waals surface area contributed by atoms with E-state index in [-0.39, 0.29) is 48.3 Å². The Labute approximate surface area is 184 Å². The van der Waals surface area contributed by atoms with Gasteiger partial charge in [-0.15, -0.1) is 24.0 Å². The van der Waals surface area contributed by atoms with Crippen LogP contribution >= 0.6 is 24.0 Å². The first-order valence-electron chi connectivity index (χ1n) is 9.25. The lowest BCUT2D eigenvalue weighted by atomic mass is 10.0. The van der Waals surface area contributed by atoms with Crippen LogP contribution in [0.15, 0.2) is 41.4 Å². The van der Waals surface area contributed by atoms with Crippen molar-refractivity contribution in [2.45, 2.75) is 25.8 Å². The van der Waals surface area contributed by atoms with Gasteiger partial charge in [0.2, 0.25) is 5.91 Å². The fourth-order valence-electron chi connectivity index (χ4n) is 2.87. The van der Waals surface area contributed by atoms with E-state index < -0.39 is 0 Å². The van der Waals surface area contributed by atoms with E-state index in [9.17, 15) is 9.18 Å². The number of carbonyl (C=O) groups is 1. The average Bonchev–Trinajstić information content (AvgIpc) is 2.63. The van der Waals surface area contributed by atoms with Gasteiger partial charge in [0.25, 0.3) is 0 Å². The summed E-state index contributed by atoms with van der Waals surface area (Å²) in [5.74, 6) is 0.311. The maximum absolute atomic E-state index is 13.5. The molecule has 1 aromatic carbocycles. The highest BCUT2D eigenvalue weighted by Crippen LogP contribution is 2.20. The number of piperidine rings is 1. The van der Waals surface area contributed by atoms with Crippen molar-refractivity contribution in [3.63, 3.8) is 0 Å². The highest BCUT2D eigenvalue weighted by Gasteiger charge is 2.21. The third-order valence-electron chi connectivity index (χ3n) is 4.36. The molecular formula is C20H31FIN5O. The number of amides is 1. The third kappa shape index (κ3) is 8.04. The summed E-state index contributed by atoms with van der Waals surface area (Å²) in [5.41, 5.74) is 1.87. The van der Waals surface area contributed by atoms with E-state index in [0.29, 0.717) is 12.5 Å². The van der Waals surface area contributed by atoms with Crippen LogP contribution in [0.1, 0.15) is 19.8 Å². The van der Waals surface area contributed by atoms with Crippen LogP contribution in [0.25, 0.3) is 0 Å². The Morgan fingerprint density at radius 2 is 2.18 bits per heavy atom. The normalized spacial score (nSPS) is 16.8. The van der Waals surface area contributed by atoms with Gasteiger partial charge in [-0.2, -0.15) is 0 Å². The van der Waals surface area contributed by atoms with Crippen molar-refractivity contribution in [1.29, 1.82) is 0 Å². The standard InChI is InChI=1S/C20H30FN5O.HI/c1-15(2)12-22-20(23-13-19(27)25(3)4)24-17-8-6-10-26(14-17)18-9-5-7-16(21)11-18;/h5,7,9,11,17H,1,6,8,10,12-14H2,2-4H3,(H2,22,23,24);1H. The van der Waals surface area contributed by atoms with Gasteiger partial charge in [-0.25, -0.2) is 9.38 Å². The SMILES string of the molecule is C=C(C)CNC(=NCC(=O)N(C)C)NC1CCCN(c2cccc(F)c2)C1.I. The van der Waals surface area contributed by atoms with E-state index in [1.54, 1.807) is 26.2 Å². The molecule has 1 aromatic rings. The van der Waals surface area contributed by atoms with Crippen molar-refractivity contribution in [3.05, 3.63) is 42.2 Å². The summed E-state index contributed by atoms with van der Waals surface area (Å²) < 4.78 is 13.5. The first-order chi connectivity index (χ1) is 12.8. The number of likely N-dealkylation sites (N-methyl/N-ethyl adjacent to an activating group) is 1. The number of aliphatic imine (C=N–C) groups is 1. The summed E-state index contributed by atoms with van der Waals surface area (Å²) in [5, 5.41) is 6.63. The molecule has 0 aliphatic carbocycles. The molecule has 1 heterocycles. The Morgan fingerprint density at radius 1 is 1.43 bits per heavy atom. The summed E-state index contributed by atoms with van der Waals surface area (Å²) >= 11 is 0. The second kappa shape index (κ2) is 11.9. The molecule has 0 aromatic heterocycles. The number of hydrogen-bond acceptors (Lipinski definition) is 3. The lowest BCUT2D eigenvalue weighted by molar-refractivity contribution is -0.127. The van der Waals surface area contributed by atoms with Crippen LogP contribution in [0, 0.1) is 5.82 Å². The fourth-order valence-corrected chi connectivity index (χ4v) is 2.87. The predicted octanol–water partition coefficient (Wildman–Crippen LogP) is 2.61. The van der Waals surface area contributed by atoms with Gasteiger partial charge >= 0.3 is 0 Å². The zero-order chi connectivity index (χ0) is 19.8. The zero-order valence-electron chi connectivity index (χ0n) is 16.9. The summed E-state index contributed by atoms with van der Waals surface area (Å²) in [6, 6.07) is 6.84. The van der Waals surface area contributed by atoms with Crippen LogP contribution in [0.4, 0.5) is 10.1 Å². The van der Waals surface area contributed by atoms with Crippen molar-refractivity contribution in [3.8, 4) is 0 Å². The largest absolute Gasteiger partial charge is 0.369 e. The minimum Gasteiger partial charge on any atom is -0.369 e. The van der Waals surface area contributed by atoms with E-state index in [1.807, 2.05) is 13.0 Å². The lowest BCUT2D eigenvalue weighted by Gasteiger charge is -2.35. The molecule has 1 amide bonds. The molecule has 8 heteroatoms. The van der Waals surface area contributed by atoms with Gasteiger partial charge in [0.05, 0.1) is 0 Å². The Kier molecular flexibility index (Phi) is 10.3. The fraction of sp³-hybridized carbons (Fsp3) is 0.500. The monoisotopic (exact) mass is 503 g/mol. The van der Waals surface area contributed by atoms with E-state index >= 15 is 0 Å². The number of halogens is 2. The highest BCUT2D eigenvalue weighted by molar-refractivity contribution is 14.0. The zero-order valence-corrected chi connectivity index (χ0v) is 19.2. The van der Waals surface area contributed by atoms with Gasteiger partial charge < -0.3 is 20.4 Å². The molecule has 1 saturated heterocycles. The van der Waals surface area contributed by atoms with E-state index in [1.165, 1.54) is 11.0 Å². The summed E-state index contributed by atoms with van der Waals surface area (Å²) in [7, 11) is 3.43. The molecule has 6 nitrogen and oxygen atoms in total. The maximum atomic E-state index is 13.5. The molecule has 28 heavy (non-hydrogen) atoms. The van der Waals surface area contributed by atoms with Gasteiger partial charge in [0, 0.05) is 45.5 Å². The Balaban J connectivity index is 0.00000392. The molecule has 0 saturated carbocycles. The Bertz CT molecular complexity index is 695. The topological polar surface area (TPSA) is 60.0 Å². The molecule has 1 aliphatic rings. The number of nitrogens with zero attached hydrogens (tertiary/aromatic N) is 3. The lowest BCUT2D eigenvalue weighted by Crippen LogP contribution is -2.51. The van der Waals surface area contributed by atoms with Gasteiger partial charge in [-0.3, -0.25) is 4.79 Å². The molecular weight excluding hydrogens is 472 g/mol.